The molecule has 0 aliphatic rings. The number of aryl methyl sites for hydroxylation is 1. The van der Waals surface area contributed by atoms with Crippen LogP contribution in [0.3, 0.4) is 0 Å². The minimum atomic E-state index is 0.471. The molecule has 0 aliphatic heterocycles. The summed E-state index contributed by atoms with van der Waals surface area (Å²) in [5, 5.41) is 8.94. The molecule has 0 N–H and O–H groups in total. The van der Waals surface area contributed by atoms with Crippen LogP contribution in [0.2, 0.25) is 0 Å². The number of hydrogen-bond acceptors (Lipinski definition) is 3. The van der Waals surface area contributed by atoms with Gasteiger partial charge >= 0.3 is 0 Å². The summed E-state index contributed by atoms with van der Waals surface area (Å²) in [6.07, 6.45) is 0. The van der Waals surface area contributed by atoms with Crippen LogP contribution in [0.1, 0.15) is 16.7 Å². The maximum absolute atomic E-state index is 8.94. The second-order valence-electron chi connectivity index (χ2n) is 4.28. The van der Waals surface area contributed by atoms with Crippen LogP contribution in [0.4, 0.5) is 0 Å². The zero-order chi connectivity index (χ0) is 13.7. The Hall–Kier alpha value is -2.47. The normalized spacial score (nSPS) is 9.74. The Bertz CT molecular complexity index is 597. The van der Waals surface area contributed by atoms with Gasteiger partial charge in [-0.05, 0) is 24.6 Å². The number of methoxy groups -OCH3 is 1. The van der Waals surface area contributed by atoms with Crippen molar-refractivity contribution in [3.8, 4) is 17.6 Å². The van der Waals surface area contributed by atoms with Crippen molar-refractivity contribution in [2.45, 2.75) is 13.5 Å². The van der Waals surface area contributed by atoms with E-state index in [1.54, 1.807) is 25.3 Å². The monoisotopic (exact) mass is 253 g/mol. The fourth-order valence-corrected chi connectivity index (χ4v) is 1.69. The van der Waals surface area contributed by atoms with E-state index in [1.165, 1.54) is 5.56 Å². The van der Waals surface area contributed by atoms with Crippen molar-refractivity contribution in [1.29, 1.82) is 5.26 Å². The first-order chi connectivity index (χ1) is 9.21. The topological polar surface area (TPSA) is 42.2 Å². The smallest absolute Gasteiger partial charge is 0.124 e. The highest BCUT2D eigenvalue weighted by molar-refractivity contribution is 5.43. The molecule has 0 fully saturated rings. The summed E-state index contributed by atoms with van der Waals surface area (Å²) in [5.41, 5.74) is 2.84. The summed E-state index contributed by atoms with van der Waals surface area (Å²) < 4.78 is 10.8. The van der Waals surface area contributed by atoms with Gasteiger partial charge in [-0.1, -0.05) is 29.8 Å². The molecule has 2 aromatic carbocycles. The van der Waals surface area contributed by atoms with E-state index in [2.05, 4.69) is 6.07 Å². The summed E-state index contributed by atoms with van der Waals surface area (Å²) in [6.45, 7) is 2.52. The molecule has 3 heteroatoms. The minimum absolute atomic E-state index is 0.471. The Morgan fingerprint density at radius 1 is 1.05 bits per heavy atom. The molecule has 2 rings (SSSR count). The van der Waals surface area contributed by atoms with Crippen LogP contribution in [0.25, 0.3) is 0 Å². The molecule has 0 saturated heterocycles. The van der Waals surface area contributed by atoms with E-state index in [0.29, 0.717) is 23.7 Å². The number of nitrogens with zero attached hydrogens (tertiary/aromatic N) is 1. The third-order valence-electron chi connectivity index (χ3n) is 2.77. The quantitative estimate of drug-likeness (QED) is 0.838. The molecule has 96 valence electrons. The molecular formula is C16H15NO2. The Kier molecular flexibility index (Phi) is 4.04. The molecule has 0 bridgehead atoms. The van der Waals surface area contributed by atoms with Crippen LogP contribution in [-0.4, -0.2) is 7.11 Å². The maximum Gasteiger partial charge on any atom is 0.124 e. The van der Waals surface area contributed by atoms with Crippen LogP contribution in [0, 0.1) is 18.3 Å². The Morgan fingerprint density at radius 3 is 2.37 bits per heavy atom. The maximum atomic E-state index is 8.94. The Morgan fingerprint density at radius 2 is 1.74 bits per heavy atom. The van der Waals surface area contributed by atoms with E-state index in [9.17, 15) is 0 Å². The second-order valence-corrected chi connectivity index (χ2v) is 4.28. The van der Waals surface area contributed by atoms with Crippen molar-refractivity contribution in [2.24, 2.45) is 0 Å². The third-order valence-corrected chi connectivity index (χ3v) is 2.77. The molecule has 0 aromatic heterocycles. The summed E-state index contributed by atoms with van der Waals surface area (Å²) in [5.74, 6) is 1.26. The molecule has 3 nitrogen and oxygen atoms in total. The number of rotatable bonds is 4. The lowest BCUT2D eigenvalue weighted by Gasteiger charge is -2.09. The van der Waals surface area contributed by atoms with Gasteiger partial charge in [0.25, 0.3) is 0 Å². The van der Waals surface area contributed by atoms with Crippen LogP contribution in [0.5, 0.6) is 11.5 Å². The molecule has 0 saturated carbocycles. The van der Waals surface area contributed by atoms with Crippen molar-refractivity contribution >= 4 is 0 Å². The van der Waals surface area contributed by atoms with E-state index < -0.39 is 0 Å². The van der Waals surface area contributed by atoms with Gasteiger partial charge in [0.1, 0.15) is 18.1 Å². The van der Waals surface area contributed by atoms with Crippen LogP contribution >= 0.6 is 0 Å². The van der Waals surface area contributed by atoms with Crippen molar-refractivity contribution in [1.82, 2.24) is 0 Å². The van der Waals surface area contributed by atoms with Crippen molar-refractivity contribution < 1.29 is 9.47 Å². The zero-order valence-electron chi connectivity index (χ0n) is 11.0. The van der Waals surface area contributed by atoms with Crippen molar-refractivity contribution in [3.05, 3.63) is 59.2 Å². The van der Waals surface area contributed by atoms with Crippen LogP contribution in [-0.2, 0) is 6.61 Å². The van der Waals surface area contributed by atoms with Gasteiger partial charge in [-0.15, -0.1) is 0 Å². The molecule has 0 unspecified atom stereocenters. The predicted octanol–water partition coefficient (Wildman–Crippen LogP) is 3.45. The summed E-state index contributed by atoms with van der Waals surface area (Å²) in [6, 6.07) is 15.4. The highest BCUT2D eigenvalue weighted by atomic mass is 16.5. The molecule has 19 heavy (non-hydrogen) atoms. The Labute approximate surface area is 113 Å². The van der Waals surface area contributed by atoms with E-state index in [1.807, 2.05) is 31.2 Å². The second kappa shape index (κ2) is 5.92. The van der Waals surface area contributed by atoms with Gasteiger partial charge in [-0.2, -0.15) is 5.26 Å². The first-order valence-corrected chi connectivity index (χ1v) is 5.99. The highest BCUT2D eigenvalue weighted by Crippen LogP contribution is 2.23. The van der Waals surface area contributed by atoms with Crippen LogP contribution < -0.4 is 9.47 Å². The molecule has 0 heterocycles. The molecule has 0 spiro atoms. The lowest BCUT2D eigenvalue weighted by molar-refractivity contribution is 0.303. The molecular weight excluding hydrogens is 238 g/mol. The summed E-state index contributed by atoms with van der Waals surface area (Å²) in [7, 11) is 1.57. The average molecular weight is 253 g/mol. The van der Waals surface area contributed by atoms with Gasteiger partial charge in [0, 0.05) is 6.07 Å². The van der Waals surface area contributed by atoms with Gasteiger partial charge in [0.15, 0.2) is 0 Å². The van der Waals surface area contributed by atoms with Crippen molar-refractivity contribution in [3.63, 3.8) is 0 Å². The van der Waals surface area contributed by atoms with E-state index >= 15 is 0 Å². The van der Waals surface area contributed by atoms with Gasteiger partial charge in [0.2, 0.25) is 0 Å². The fraction of sp³-hybridized carbons (Fsp3) is 0.188. The van der Waals surface area contributed by atoms with E-state index in [-0.39, 0.29) is 0 Å². The lowest BCUT2D eigenvalue weighted by atomic mass is 10.2. The van der Waals surface area contributed by atoms with Gasteiger partial charge < -0.3 is 9.47 Å². The first kappa shape index (κ1) is 13.0. The number of benzene rings is 2. The summed E-state index contributed by atoms with van der Waals surface area (Å²) >= 11 is 0. The third kappa shape index (κ3) is 3.49. The molecule has 0 atom stereocenters. The van der Waals surface area contributed by atoms with E-state index in [4.69, 9.17) is 14.7 Å². The Balaban J connectivity index is 2.11. The van der Waals surface area contributed by atoms with Crippen LogP contribution in [0.15, 0.2) is 42.5 Å². The van der Waals surface area contributed by atoms with Gasteiger partial charge in [-0.3, -0.25) is 0 Å². The predicted molar refractivity (Wildman–Crippen MR) is 73.2 cm³/mol. The SMILES string of the molecule is COc1cc(C#N)cc(OCc2ccc(C)cc2)c1. The number of ether oxygens (including phenoxy) is 2. The molecule has 2 aromatic rings. The molecule has 0 radical (unpaired) electrons. The molecule has 0 aliphatic carbocycles. The first-order valence-electron chi connectivity index (χ1n) is 5.99. The average Bonchev–Trinajstić information content (AvgIpc) is 2.46. The van der Waals surface area contributed by atoms with Crippen molar-refractivity contribution in [2.75, 3.05) is 7.11 Å². The minimum Gasteiger partial charge on any atom is -0.497 e. The molecule has 0 amide bonds. The highest BCUT2D eigenvalue weighted by Gasteiger charge is 2.02. The summed E-state index contributed by atoms with van der Waals surface area (Å²) in [4.78, 5) is 0. The zero-order valence-corrected chi connectivity index (χ0v) is 11.0. The van der Waals surface area contributed by atoms with Gasteiger partial charge in [0.05, 0.1) is 18.7 Å². The lowest BCUT2D eigenvalue weighted by Crippen LogP contribution is -1.96. The van der Waals surface area contributed by atoms with E-state index in [0.717, 1.165) is 5.56 Å². The fourth-order valence-electron chi connectivity index (χ4n) is 1.69. The standard InChI is InChI=1S/C16H15NO2/c1-12-3-5-13(6-4-12)11-19-16-8-14(10-17)7-15(9-16)18-2/h3-9H,11H2,1-2H3. The number of hydrogen-bond donors (Lipinski definition) is 0. The van der Waals surface area contributed by atoms with Gasteiger partial charge in [-0.25, -0.2) is 0 Å². The largest absolute Gasteiger partial charge is 0.497 e. The number of nitriles is 1.